The standard InChI is InChI=1S/C16H16Cl2N2O3S/c1-2-20(8-11-4-6-14(18)24-11)15(21)9-23-13-5-3-10(17)7-12(13)16(19)22/h3-7H,2,8-9H2,1H3,(H2,19,22). The lowest BCUT2D eigenvalue weighted by Crippen LogP contribution is -2.34. The Labute approximate surface area is 153 Å². The van der Waals surface area contributed by atoms with Crippen LogP contribution in [0.5, 0.6) is 5.75 Å². The summed E-state index contributed by atoms with van der Waals surface area (Å²) in [5, 5.41) is 0.368. The predicted molar refractivity (Wildman–Crippen MR) is 95.9 cm³/mol. The molecule has 0 saturated heterocycles. The number of nitrogens with two attached hydrogens (primary N) is 1. The highest BCUT2D eigenvalue weighted by Gasteiger charge is 2.16. The quantitative estimate of drug-likeness (QED) is 0.789. The highest BCUT2D eigenvalue weighted by molar-refractivity contribution is 7.16. The number of benzene rings is 1. The molecule has 1 heterocycles. The topological polar surface area (TPSA) is 72.6 Å². The molecule has 0 aliphatic rings. The van der Waals surface area contributed by atoms with Crippen molar-refractivity contribution in [3.05, 3.63) is 50.1 Å². The van der Waals surface area contributed by atoms with E-state index in [0.717, 1.165) is 4.88 Å². The van der Waals surface area contributed by atoms with Gasteiger partial charge < -0.3 is 15.4 Å². The van der Waals surface area contributed by atoms with E-state index in [1.807, 2.05) is 13.0 Å². The predicted octanol–water partition coefficient (Wildman–Crippen LogP) is 3.58. The summed E-state index contributed by atoms with van der Waals surface area (Å²) in [6.45, 7) is 2.67. The molecule has 0 bridgehead atoms. The maximum absolute atomic E-state index is 12.3. The molecule has 2 rings (SSSR count). The minimum absolute atomic E-state index is 0.142. The van der Waals surface area contributed by atoms with Crippen LogP contribution >= 0.6 is 34.5 Å². The van der Waals surface area contributed by atoms with Crippen molar-refractivity contribution in [1.82, 2.24) is 4.90 Å². The van der Waals surface area contributed by atoms with Crippen LogP contribution in [0.25, 0.3) is 0 Å². The fourth-order valence-corrected chi connectivity index (χ4v) is 3.33. The number of likely N-dealkylation sites (N-methyl/N-ethyl adjacent to an activating group) is 1. The van der Waals surface area contributed by atoms with Crippen molar-refractivity contribution >= 4 is 46.4 Å². The van der Waals surface area contributed by atoms with Crippen LogP contribution in [0.1, 0.15) is 22.2 Å². The summed E-state index contributed by atoms with van der Waals surface area (Å²) in [7, 11) is 0. The van der Waals surface area contributed by atoms with Crippen LogP contribution in [0, 0.1) is 0 Å². The highest BCUT2D eigenvalue weighted by atomic mass is 35.5. The molecule has 0 unspecified atom stereocenters. The summed E-state index contributed by atoms with van der Waals surface area (Å²) in [5.74, 6) is -0.636. The minimum Gasteiger partial charge on any atom is -0.483 e. The number of rotatable bonds is 7. The molecule has 1 aromatic heterocycles. The van der Waals surface area contributed by atoms with Gasteiger partial charge in [0.2, 0.25) is 0 Å². The zero-order valence-electron chi connectivity index (χ0n) is 12.9. The summed E-state index contributed by atoms with van der Waals surface area (Å²) < 4.78 is 6.15. The molecule has 8 heteroatoms. The lowest BCUT2D eigenvalue weighted by Gasteiger charge is -2.20. The van der Waals surface area contributed by atoms with Gasteiger partial charge in [-0.25, -0.2) is 0 Å². The number of carbonyl (C=O) groups is 2. The Morgan fingerprint density at radius 1 is 1.25 bits per heavy atom. The Balaban J connectivity index is 2.02. The molecule has 5 nitrogen and oxygen atoms in total. The van der Waals surface area contributed by atoms with Crippen LogP contribution in [0.2, 0.25) is 9.36 Å². The number of ether oxygens (including phenoxy) is 1. The Kier molecular flexibility index (Phi) is 6.48. The normalized spacial score (nSPS) is 10.5. The fraction of sp³-hybridized carbons (Fsp3) is 0.250. The van der Waals surface area contributed by atoms with Gasteiger partial charge in [-0.05, 0) is 37.3 Å². The van der Waals surface area contributed by atoms with Crippen molar-refractivity contribution in [2.75, 3.05) is 13.2 Å². The maximum Gasteiger partial charge on any atom is 0.260 e. The SMILES string of the molecule is CCN(Cc1ccc(Cl)s1)C(=O)COc1ccc(Cl)cc1C(N)=O. The average Bonchev–Trinajstić information content (AvgIpc) is 2.96. The van der Waals surface area contributed by atoms with Gasteiger partial charge in [0.25, 0.3) is 11.8 Å². The van der Waals surface area contributed by atoms with Gasteiger partial charge in [0.15, 0.2) is 6.61 Å². The molecule has 2 N–H and O–H groups in total. The summed E-state index contributed by atoms with van der Waals surface area (Å²) in [6, 6.07) is 8.18. The first kappa shape index (κ1) is 18.6. The van der Waals surface area contributed by atoms with Crippen LogP contribution in [0.4, 0.5) is 0 Å². The molecule has 0 fully saturated rings. The third-order valence-corrected chi connectivity index (χ3v) is 4.72. The van der Waals surface area contributed by atoms with E-state index in [1.165, 1.54) is 23.5 Å². The van der Waals surface area contributed by atoms with Gasteiger partial charge in [0, 0.05) is 16.4 Å². The zero-order chi connectivity index (χ0) is 17.7. The lowest BCUT2D eigenvalue weighted by molar-refractivity contribution is -0.133. The molecular formula is C16H16Cl2N2O3S. The molecule has 0 aliphatic carbocycles. The van der Waals surface area contributed by atoms with Gasteiger partial charge in [-0.15, -0.1) is 11.3 Å². The van der Waals surface area contributed by atoms with E-state index in [1.54, 1.807) is 17.0 Å². The van der Waals surface area contributed by atoms with Crippen LogP contribution in [0.3, 0.4) is 0 Å². The molecule has 24 heavy (non-hydrogen) atoms. The lowest BCUT2D eigenvalue weighted by atomic mass is 10.2. The van der Waals surface area contributed by atoms with E-state index in [0.29, 0.717) is 22.4 Å². The first-order valence-corrected chi connectivity index (χ1v) is 8.72. The molecule has 0 aliphatic heterocycles. The number of hydrogen-bond donors (Lipinski definition) is 1. The van der Waals surface area contributed by atoms with Gasteiger partial charge in [0.05, 0.1) is 16.4 Å². The van der Waals surface area contributed by atoms with Crippen LogP contribution in [-0.4, -0.2) is 29.9 Å². The monoisotopic (exact) mass is 386 g/mol. The van der Waals surface area contributed by atoms with Gasteiger partial charge in [-0.2, -0.15) is 0 Å². The number of thiophene rings is 1. The van der Waals surface area contributed by atoms with Crippen molar-refractivity contribution in [3.8, 4) is 5.75 Å². The van der Waals surface area contributed by atoms with E-state index in [9.17, 15) is 9.59 Å². The van der Waals surface area contributed by atoms with Crippen molar-refractivity contribution in [3.63, 3.8) is 0 Å². The molecule has 0 radical (unpaired) electrons. The number of hydrogen-bond acceptors (Lipinski definition) is 4. The molecular weight excluding hydrogens is 371 g/mol. The molecule has 1 aromatic carbocycles. The second-order valence-corrected chi connectivity index (χ2v) is 7.14. The summed E-state index contributed by atoms with van der Waals surface area (Å²) in [5.41, 5.74) is 5.44. The molecule has 0 saturated carbocycles. The highest BCUT2D eigenvalue weighted by Crippen LogP contribution is 2.24. The molecule has 0 atom stereocenters. The third kappa shape index (κ3) is 4.87. The smallest absolute Gasteiger partial charge is 0.260 e. The van der Waals surface area contributed by atoms with Gasteiger partial charge >= 0.3 is 0 Å². The van der Waals surface area contributed by atoms with Crippen molar-refractivity contribution in [2.24, 2.45) is 5.73 Å². The van der Waals surface area contributed by atoms with Crippen molar-refractivity contribution in [2.45, 2.75) is 13.5 Å². The van der Waals surface area contributed by atoms with E-state index in [-0.39, 0.29) is 23.8 Å². The molecule has 128 valence electrons. The largest absolute Gasteiger partial charge is 0.483 e. The van der Waals surface area contributed by atoms with Gasteiger partial charge in [-0.1, -0.05) is 23.2 Å². The Hall–Kier alpha value is -1.76. The second-order valence-electron chi connectivity index (χ2n) is 4.91. The van der Waals surface area contributed by atoms with E-state index in [2.05, 4.69) is 0 Å². The average molecular weight is 387 g/mol. The Morgan fingerprint density at radius 3 is 2.58 bits per heavy atom. The first-order valence-electron chi connectivity index (χ1n) is 7.14. The van der Waals surface area contributed by atoms with Crippen LogP contribution < -0.4 is 10.5 Å². The number of amides is 2. The van der Waals surface area contributed by atoms with E-state index >= 15 is 0 Å². The maximum atomic E-state index is 12.3. The van der Waals surface area contributed by atoms with E-state index < -0.39 is 5.91 Å². The molecule has 0 spiro atoms. The summed E-state index contributed by atoms with van der Waals surface area (Å²) in [4.78, 5) is 26.4. The summed E-state index contributed by atoms with van der Waals surface area (Å²) >= 11 is 13.2. The number of nitrogens with zero attached hydrogens (tertiary/aromatic N) is 1. The van der Waals surface area contributed by atoms with Gasteiger partial charge in [-0.3, -0.25) is 9.59 Å². The zero-order valence-corrected chi connectivity index (χ0v) is 15.2. The Morgan fingerprint density at radius 2 is 2.00 bits per heavy atom. The third-order valence-electron chi connectivity index (χ3n) is 3.27. The second kappa shape index (κ2) is 8.37. The molecule has 2 aromatic rings. The van der Waals surface area contributed by atoms with Crippen LogP contribution in [-0.2, 0) is 11.3 Å². The van der Waals surface area contributed by atoms with Crippen LogP contribution in [0.15, 0.2) is 30.3 Å². The van der Waals surface area contributed by atoms with Crippen molar-refractivity contribution in [1.29, 1.82) is 0 Å². The fourth-order valence-electron chi connectivity index (χ4n) is 2.05. The van der Waals surface area contributed by atoms with Gasteiger partial charge in [0.1, 0.15) is 5.75 Å². The number of primary amides is 1. The molecule has 2 amide bonds. The van der Waals surface area contributed by atoms with Crippen molar-refractivity contribution < 1.29 is 14.3 Å². The summed E-state index contributed by atoms with van der Waals surface area (Å²) in [6.07, 6.45) is 0. The number of halogens is 2. The minimum atomic E-state index is -0.666. The van der Waals surface area contributed by atoms with E-state index in [4.69, 9.17) is 33.7 Å². The first-order chi connectivity index (χ1) is 11.4. The number of carbonyl (C=O) groups excluding carboxylic acids is 2. The Bertz CT molecular complexity index is 749.